The van der Waals surface area contributed by atoms with Crippen molar-refractivity contribution in [1.82, 2.24) is 4.98 Å². The van der Waals surface area contributed by atoms with Crippen LogP contribution in [0.2, 0.25) is 20.1 Å². The van der Waals surface area contributed by atoms with Gasteiger partial charge in [-0.3, -0.25) is 9.59 Å². The molecule has 0 bridgehead atoms. The van der Waals surface area contributed by atoms with Gasteiger partial charge in [-0.1, -0.05) is 89.2 Å². The lowest BCUT2D eigenvalue weighted by molar-refractivity contribution is -0.115. The molecule has 3 aromatic carbocycles. The van der Waals surface area contributed by atoms with Gasteiger partial charge in [0.05, 0.1) is 42.2 Å². The summed E-state index contributed by atoms with van der Waals surface area (Å²) in [5, 5.41) is 14.0. The molecule has 0 aliphatic heterocycles. The summed E-state index contributed by atoms with van der Waals surface area (Å²) >= 11 is 27.1. The zero-order chi connectivity index (χ0) is 30.7. The highest BCUT2D eigenvalue weighted by Gasteiger charge is 2.29. The number of hydrogen-bond acceptors (Lipinski definition) is 6. The van der Waals surface area contributed by atoms with E-state index < -0.39 is 33.3 Å². The van der Waals surface area contributed by atoms with Crippen LogP contribution < -0.4 is 10.6 Å². The summed E-state index contributed by atoms with van der Waals surface area (Å²) in [6.45, 7) is 5.88. The number of thioether (sulfide) groups is 1. The second-order valence-electron chi connectivity index (χ2n) is 9.09. The molecule has 0 spiro atoms. The monoisotopic (exact) mass is 681 g/mol. The van der Waals surface area contributed by atoms with Gasteiger partial charge in [0.2, 0.25) is 5.91 Å². The zero-order valence-electron chi connectivity index (χ0n) is 22.4. The van der Waals surface area contributed by atoms with Gasteiger partial charge in [0, 0.05) is 21.0 Å². The Kier molecular flexibility index (Phi) is 10.5. The van der Waals surface area contributed by atoms with Crippen LogP contribution in [0.4, 0.5) is 10.8 Å². The topological polar surface area (TPSA) is 108 Å². The molecule has 0 saturated carbocycles. The molecule has 0 aliphatic carbocycles. The number of nitrogens with one attached hydrogen (secondary N) is 2. The molecule has 1 aromatic heterocycles. The van der Waals surface area contributed by atoms with E-state index in [-0.39, 0.29) is 21.0 Å². The van der Waals surface area contributed by atoms with E-state index >= 15 is 0 Å². The van der Waals surface area contributed by atoms with Gasteiger partial charge in [0.25, 0.3) is 5.91 Å². The first-order chi connectivity index (χ1) is 19.9. The summed E-state index contributed by atoms with van der Waals surface area (Å²) in [4.78, 5) is 44.5. The van der Waals surface area contributed by atoms with Crippen LogP contribution in [-0.2, 0) is 4.79 Å². The number of thiazole rings is 1. The molecule has 4 aromatic rings. The van der Waals surface area contributed by atoms with Crippen LogP contribution in [0.1, 0.15) is 44.5 Å². The van der Waals surface area contributed by atoms with Crippen LogP contribution >= 0.6 is 69.5 Å². The second kappa shape index (κ2) is 13.7. The minimum absolute atomic E-state index is 0.204. The highest BCUT2D eigenvalue weighted by Crippen LogP contribution is 2.42. The van der Waals surface area contributed by atoms with Crippen LogP contribution in [0.15, 0.2) is 53.4 Å². The number of anilines is 2. The van der Waals surface area contributed by atoms with Gasteiger partial charge >= 0.3 is 5.97 Å². The van der Waals surface area contributed by atoms with Crippen LogP contribution in [0.25, 0.3) is 11.3 Å². The van der Waals surface area contributed by atoms with Crippen LogP contribution in [0.3, 0.4) is 0 Å². The highest BCUT2D eigenvalue weighted by molar-refractivity contribution is 8.00. The van der Waals surface area contributed by atoms with Crippen molar-refractivity contribution in [3.63, 3.8) is 0 Å². The molecule has 0 aliphatic rings. The van der Waals surface area contributed by atoms with Crippen molar-refractivity contribution in [2.24, 2.45) is 0 Å². The van der Waals surface area contributed by atoms with Gasteiger partial charge in [0.15, 0.2) is 5.13 Å². The number of carboxylic acid groups (broad SMARTS) is 1. The molecule has 218 valence electrons. The summed E-state index contributed by atoms with van der Waals surface area (Å²) in [6, 6.07) is 14.8. The Morgan fingerprint density at radius 1 is 0.929 bits per heavy atom. The molecule has 1 heterocycles. The molecule has 1 atom stereocenters. The Labute approximate surface area is 270 Å². The second-order valence-corrected chi connectivity index (χ2v) is 13.1. The SMILES string of the molecule is CCC(Sc1cccc(NC(=O)c2c(Cl)c(Cl)c(Cl)c(Cl)c2C(=O)O)c1)C(=O)Nc1nc(-c2ccc(C)cc2)c(C)s1. The van der Waals surface area contributed by atoms with E-state index in [4.69, 9.17) is 46.4 Å². The molecular formula is C29H23Cl4N3O4S2. The van der Waals surface area contributed by atoms with E-state index in [2.05, 4.69) is 15.6 Å². The molecular weight excluding hydrogens is 660 g/mol. The van der Waals surface area contributed by atoms with Crippen molar-refractivity contribution in [1.29, 1.82) is 0 Å². The van der Waals surface area contributed by atoms with E-state index in [1.54, 1.807) is 24.3 Å². The van der Waals surface area contributed by atoms with E-state index in [9.17, 15) is 19.5 Å². The maximum absolute atomic E-state index is 13.2. The number of nitrogens with zero attached hydrogens (tertiary/aromatic N) is 1. The fourth-order valence-electron chi connectivity index (χ4n) is 3.99. The summed E-state index contributed by atoms with van der Waals surface area (Å²) < 4.78 is 0. The van der Waals surface area contributed by atoms with E-state index in [0.29, 0.717) is 22.1 Å². The fraction of sp³-hybridized carbons (Fsp3) is 0.172. The normalized spacial score (nSPS) is 11.7. The third kappa shape index (κ3) is 7.05. The summed E-state index contributed by atoms with van der Waals surface area (Å²) in [6.07, 6.45) is 0.529. The smallest absolute Gasteiger partial charge is 0.338 e. The maximum Gasteiger partial charge on any atom is 0.338 e. The Morgan fingerprint density at radius 2 is 1.57 bits per heavy atom. The predicted octanol–water partition coefficient (Wildman–Crippen LogP) is 9.50. The van der Waals surface area contributed by atoms with Crippen molar-refractivity contribution >= 4 is 98.1 Å². The van der Waals surface area contributed by atoms with Crippen LogP contribution in [0.5, 0.6) is 0 Å². The quantitative estimate of drug-likeness (QED) is 0.0922. The number of carbonyl (C=O) groups is 3. The molecule has 4 rings (SSSR count). The number of benzene rings is 3. The van der Waals surface area contributed by atoms with Gasteiger partial charge < -0.3 is 15.7 Å². The highest BCUT2D eigenvalue weighted by atomic mass is 35.5. The van der Waals surface area contributed by atoms with Crippen molar-refractivity contribution in [3.05, 3.63) is 90.2 Å². The largest absolute Gasteiger partial charge is 0.478 e. The Balaban J connectivity index is 1.50. The number of amides is 2. The molecule has 2 amide bonds. The lowest BCUT2D eigenvalue weighted by Crippen LogP contribution is -2.24. The van der Waals surface area contributed by atoms with Crippen molar-refractivity contribution in [2.45, 2.75) is 37.3 Å². The standard InChI is InChI=1S/C29H23Cl4N3O4S2/c1-4-18(26(37)36-29-35-25(14(3)41-29)15-10-8-13(2)9-11-15)42-17-7-5-6-16(12-17)34-27(38)19-20(28(39)40)22(31)24(33)23(32)21(19)30/h5-12,18H,4H2,1-3H3,(H,34,38)(H,39,40)(H,35,36,37). The fourth-order valence-corrected chi connectivity index (χ4v) is 6.86. The molecule has 7 nitrogen and oxygen atoms in total. The lowest BCUT2D eigenvalue weighted by Gasteiger charge is -2.16. The predicted molar refractivity (Wildman–Crippen MR) is 173 cm³/mol. The molecule has 3 N–H and O–H groups in total. The third-order valence-corrected chi connectivity index (χ3v) is 10.1. The van der Waals surface area contributed by atoms with Gasteiger partial charge in [-0.25, -0.2) is 9.78 Å². The molecule has 1 unspecified atom stereocenters. The molecule has 13 heteroatoms. The number of carboxylic acids is 1. The molecule has 42 heavy (non-hydrogen) atoms. The van der Waals surface area contributed by atoms with Gasteiger partial charge in [-0.05, 0) is 38.5 Å². The number of rotatable bonds is 9. The van der Waals surface area contributed by atoms with Crippen molar-refractivity contribution in [2.75, 3.05) is 10.6 Å². The maximum atomic E-state index is 13.2. The molecule has 0 fully saturated rings. The van der Waals surface area contributed by atoms with Crippen molar-refractivity contribution in [3.8, 4) is 11.3 Å². The van der Waals surface area contributed by atoms with E-state index in [0.717, 1.165) is 21.7 Å². The Bertz CT molecular complexity index is 1690. The van der Waals surface area contributed by atoms with Crippen molar-refractivity contribution < 1.29 is 19.5 Å². The average Bonchev–Trinajstić information content (AvgIpc) is 3.31. The summed E-state index contributed by atoms with van der Waals surface area (Å²) in [7, 11) is 0. The van der Waals surface area contributed by atoms with E-state index in [1.807, 2.05) is 45.0 Å². The first-order valence-corrected chi connectivity index (χ1v) is 15.6. The number of carbonyl (C=O) groups excluding carboxylic acids is 2. The number of aromatic carboxylic acids is 1. The molecule has 0 radical (unpaired) electrons. The first-order valence-electron chi connectivity index (χ1n) is 12.4. The van der Waals surface area contributed by atoms with Gasteiger partial charge in [-0.2, -0.15) is 0 Å². The zero-order valence-corrected chi connectivity index (χ0v) is 27.0. The number of aromatic nitrogens is 1. The first kappa shape index (κ1) is 32.1. The summed E-state index contributed by atoms with van der Waals surface area (Å²) in [5.74, 6) is -2.54. The van der Waals surface area contributed by atoms with Crippen LogP contribution in [-0.4, -0.2) is 33.1 Å². The number of halogens is 4. The lowest BCUT2D eigenvalue weighted by atomic mass is 10.1. The number of aryl methyl sites for hydroxylation is 2. The summed E-state index contributed by atoms with van der Waals surface area (Å²) in [5.41, 5.74) is 2.32. The minimum Gasteiger partial charge on any atom is -0.478 e. The number of hydrogen-bond donors (Lipinski definition) is 3. The Morgan fingerprint density at radius 3 is 2.19 bits per heavy atom. The van der Waals surface area contributed by atoms with Gasteiger partial charge in [-0.15, -0.1) is 23.1 Å². The minimum atomic E-state index is -1.49. The van der Waals surface area contributed by atoms with E-state index in [1.165, 1.54) is 23.1 Å². The Hall–Kier alpha value is -2.79. The van der Waals surface area contributed by atoms with Crippen LogP contribution in [0, 0.1) is 13.8 Å². The third-order valence-electron chi connectivity index (χ3n) is 6.09. The molecule has 0 saturated heterocycles. The average molecular weight is 683 g/mol. The van der Waals surface area contributed by atoms with Gasteiger partial charge in [0.1, 0.15) is 0 Å².